The summed E-state index contributed by atoms with van der Waals surface area (Å²) in [6, 6.07) is 0. The number of aliphatic carboxylic acids is 1. The Morgan fingerprint density at radius 3 is 2.10 bits per heavy atom. The zero-order chi connectivity index (χ0) is 16.1. The highest BCUT2D eigenvalue weighted by molar-refractivity contribution is 5.94. The molecule has 0 amide bonds. The monoisotopic (exact) mass is 292 g/mol. The molecule has 116 valence electrons. The molecule has 0 radical (unpaired) electrons. The van der Waals surface area contributed by atoms with Crippen LogP contribution < -0.4 is 0 Å². The first-order valence-corrected chi connectivity index (χ1v) is 5.65. The molecular weight excluding hydrogens is 272 g/mol. The van der Waals surface area contributed by atoms with Gasteiger partial charge in [-0.05, 0) is 13.8 Å². The first-order chi connectivity index (χ1) is 9.20. The lowest BCUT2D eigenvalue weighted by atomic mass is 10.3. The number of aliphatic hydroxyl groups is 2. The van der Waals surface area contributed by atoms with E-state index < -0.39 is 18.2 Å². The lowest BCUT2D eigenvalue weighted by molar-refractivity contribution is -0.177. The third kappa shape index (κ3) is 16.2. The molecule has 20 heavy (non-hydrogen) atoms. The van der Waals surface area contributed by atoms with E-state index in [4.69, 9.17) is 15.3 Å². The van der Waals surface area contributed by atoms with Gasteiger partial charge in [0.05, 0.1) is 13.2 Å². The number of hydrogen-bond acceptors (Lipinski definition) is 7. The molecule has 0 aliphatic heterocycles. The fourth-order valence-electron chi connectivity index (χ4n) is 0.679. The summed E-state index contributed by atoms with van der Waals surface area (Å²) in [5, 5.41) is 25.2. The maximum atomic E-state index is 10.8. The fourth-order valence-corrected chi connectivity index (χ4v) is 0.679. The second-order valence-electron chi connectivity index (χ2n) is 3.71. The molecule has 0 aliphatic carbocycles. The minimum atomic E-state index is -1.40. The van der Waals surface area contributed by atoms with Gasteiger partial charge in [-0.15, -0.1) is 0 Å². The van der Waals surface area contributed by atoms with Crippen molar-refractivity contribution in [3.05, 3.63) is 12.2 Å². The molecule has 8 nitrogen and oxygen atoms in total. The molecule has 0 saturated heterocycles. The van der Waals surface area contributed by atoms with Gasteiger partial charge in [0.15, 0.2) is 0 Å². The van der Waals surface area contributed by atoms with E-state index in [1.54, 1.807) is 0 Å². The van der Waals surface area contributed by atoms with Gasteiger partial charge in [-0.1, -0.05) is 6.58 Å². The summed E-state index contributed by atoms with van der Waals surface area (Å²) in [7, 11) is 0. The predicted octanol–water partition coefficient (Wildman–Crippen LogP) is -0.517. The van der Waals surface area contributed by atoms with E-state index in [1.807, 2.05) is 0 Å². The SMILES string of the molecule is C=C(C)C(=O)O.CC(=O)CC(=O)OC(O)COCCO. The fraction of sp³-hybridized carbons (Fsp3) is 0.583. The van der Waals surface area contributed by atoms with Crippen LogP contribution in [0.3, 0.4) is 0 Å². The van der Waals surface area contributed by atoms with Crippen LogP contribution >= 0.6 is 0 Å². The molecule has 0 rings (SSSR count). The highest BCUT2D eigenvalue weighted by Crippen LogP contribution is 1.94. The van der Waals surface area contributed by atoms with Crippen LogP contribution in [0.1, 0.15) is 20.3 Å². The molecule has 0 fully saturated rings. The Morgan fingerprint density at radius 2 is 1.75 bits per heavy atom. The highest BCUT2D eigenvalue weighted by Gasteiger charge is 2.12. The summed E-state index contributed by atoms with van der Waals surface area (Å²) >= 11 is 0. The number of ether oxygens (including phenoxy) is 2. The van der Waals surface area contributed by atoms with Crippen LogP contribution in [0, 0.1) is 0 Å². The van der Waals surface area contributed by atoms with Crippen molar-refractivity contribution >= 4 is 17.7 Å². The Balaban J connectivity index is 0. The minimum absolute atomic E-state index is 0.0569. The van der Waals surface area contributed by atoms with E-state index in [-0.39, 0.29) is 37.6 Å². The van der Waals surface area contributed by atoms with E-state index in [0.717, 1.165) is 0 Å². The van der Waals surface area contributed by atoms with Crippen molar-refractivity contribution in [2.24, 2.45) is 0 Å². The third-order valence-electron chi connectivity index (χ3n) is 1.52. The Kier molecular flexibility index (Phi) is 12.6. The van der Waals surface area contributed by atoms with Crippen LogP contribution in [0.2, 0.25) is 0 Å². The molecular formula is C12H20O8. The maximum Gasteiger partial charge on any atom is 0.330 e. The number of hydrogen-bond donors (Lipinski definition) is 3. The summed E-state index contributed by atoms with van der Waals surface area (Å²) in [4.78, 5) is 30.8. The van der Waals surface area contributed by atoms with Gasteiger partial charge in [-0.3, -0.25) is 9.59 Å². The molecule has 0 heterocycles. The number of aliphatic hydroxyl groups excluding tert-OH is 2. The summed E-state index contributed by atoms with van der Waals surface area (Å²) in [6.07, 6.45) is -1.76. The molecule has 0 aromatic heterocycles. The van der Waals surface area contributed by atoms with Crippen molar-refractivity contribution in [3.8, 4) is 0 Å². The van der Waals surface area contributed by atoms with Gasteiger partial charge in [0, 0.05) is 5.57 Å². The van der Waals surface area contributed by atoms with Crippen LogP contribution in [0.5, 0.6) is 0 Å². The average molecular weight is 292 g/mol. The summed E-state index contributed by atoms with van der Waals surface area (Å²) < 4.78 is 9.09. The second kappa shape index (κ2) is 12.3. The van der Waals surface area contributed by atoms with Crippen LogP contribution in [0.4, 0.5) is 0 Å². The minimum Gasteiger partial charge on any atom is -0.478 e. The van der Waals surface area contributed by atoms with Crippen molar-refractivity contribution in [1.82, 2.24) is 0 Å². The van der Waals surface area contributed by atoms with Crippen molar-refractivity contribution in [2.45, 2.75) is 26.6 Å². The molecule has 3 N–H and O–H groups in total. The van der Waals surface area contributed by atoms with Crippen LogP contribution in [0.15, 0.2) is 12.2 Å². The van der Waals surface area contributed by atoms with E-state index in [0.29, 0.717) is 0 Å². The third-order valence-corrected chi connectivity index (χ3v) is 1.52. The van der Waals surface area contributed by atoms with Gasteiger partial charge in [-0.2, -0.15) is 0 Å². The Morgan fingerprint density at radius 1 is 1.25 bits per heavy atom. The lowest BCUT2D eigenvalue weighted by Gasteiger charge is -2.11. The topological polar surface area (TPSA) is 130 Å². The van der Waals surface area contributed by atoms with Gasteiger partial charge in [0.2, 0.25) is 6.29 Å². The van der Waals surface area contributed by atoms with Crippen molar-refractivity contribution in [3.63, 3.8) is 0 Å². The smallest absolute Gasteiger partial charge is 0.330 e. The summed E-state index contributed by atoms with van der Waals surface area (Å²) in [5.74, 6) is -2.06. The largest absolute Gasteiger partial charge is 0.478 e. The zero-order valence-corrected chi connectivity index (χ0v) is 11.5. The molecule has 1 atom stereocenters. The predicted molar refractivity (Wildman–Crippen MR) is 67.8 cm³/mol. The van der Waals surface area contributed by atoms with Crippen LogP contribution in [-0.2, 0) is 23.9 Å². The summed E-state index contributed by atoms with van der Waals surface area (Å²) in [5.41, 5.74) is 0.176. The molecule has 0 aliphatic rings. The van der Waals surface area contributed by atoms with Gasteiger partial charge in [0.1, 0.15) is 18.8 Å². The van der Waals surface area contributed by atoms with Gasteiger partial charge >= 0.3 is 11.9 Å². The first-order valence-electron chi connectivity index (χ1n) is 5.65. The normalized spacial score (nSPS) is 10.8. The van der Waals surface area contributed by atoms with Gasteiger partial charge in [-0.25, -0.2) is 4.79 Å². The number of carboxylic acid groups (broad SMARTS) is 1. The van der Waals surface area contributed by atoms with Gasteiger partial charge < -0.3 is 24.8 Å². The van der Waals surface area contributed by atoms with Crippen LogP contribution in [0.25, 0.3) is 0 Å². The molecule has 0 aromatic carbocycles. The molecule has 0 aromatic rings. The van der Waals surface area contributed by atoms with Crippen LogP contribution in [-0.4, -0.2) is 59.2 Å². The quantitative estimate of drug-likeness (QED) is 0.179. The standard InChI is InChI=1S/C8H14O6.C4H6O2/c1-6(10)4-7(11)14-8(12)5-13-3-2-9;1-3(2)4(5)6/h8-9,12H,2-5H2,1H3;1H2,2H3,(H,5,6). The number of carboxylic acids is 1. The van der Waals surface area contributed by atoms with E-state index in [9.17, 15) is 14.4 Å². The van der Waals surface area contributed by atoms with Crippen molar-refractivity contribution in [1.29, 1.82) is 0 Å². The average Bonchev–Trinajstić information content (AvgIpc) is 2.28. The number of esters is 1. The van der Waals surface area contributed by atoms with E-state index in [1.165, 1.54) is 13.8 Å². The number of rotatable bonds is 8. The Hall–Kier alpha value is -1.77. The van der Waals surface area contributed by atoms with Crippen molar-refractivity contribution in [2.75, 3.05) is 19.8 Å². The Bertz CT molecular complexity index is 324. The maximum absolute atomic E-state index is 10.8. The van der Waals surface area contributed by atoms with E-state index in [2.05, 4.69) is 16.1 Å². The first kappa shape index (κ1) is 20.5. The van der Waals surface area contributed by atoms with Crippen molar-refractivity contribution < 1.29 is 39.2 Å². The zero-order valence-electron chi connectivity index (χ0n) is 11.5. The Labute approximate surface area is 116 Å². The number of carbonyl (C=O) groups is 3. The second-order valence-corrected chi connectivity index (χ2v) is 3.71. The summed E-state index contributed by atoms with van der Waals surface area (Å²) in [6.45, 7) is 5.51. The molecule has 8 heteroatoms. The van der Waals surface area contributed by atoms with E-state index >= 15 is 0 Å². The number of Topliss-reactive ketones (excluding diaryl/α,β-unsaturated/α-hetero) is 1. The molecule has 0 spiro atoms. The molecule has 0 bridgehead atoms. The lowest BCUT2D eigenvalue weighted by Crippen LogP contribution is -2.24. The van der Waals surface area contributed by atoms with Gasteiger partial charge in [0.25, 0.3) is 0 Å². The molecule has 0 saturated carbocycles. The number of ketones is 1. The highest BCUT2D eigenvalue weighted by atomic mass is 16.7. The number of carbonyl (C=O) groups excluding carboxylic acids is 2. The molecule has 1 unspecified atom stereocenters.